The average Bonchev–Trinajstić information content (AvgIpc) is 2.27. The van der Waals surface area contributed by atoms with Gasteiger partial charge in [-0.2, -0.15) is 0 Å². The lowest BCUT2D eigenvalue weighted by Gasteiger charge is -2.06. The van der Waals surface area contributed by atoms with Crippen LogP contribution in [0.1, 0.15) is 0 Å². The summed E-state index contributed by atoms with van der Waals surface area (Å²) in [5.41, 5.74) is 4.79. The number of nitro groups is 1. The minimum Gasteiger partial charge on any atom is -0.393 e. The molecule has 0 radical (unpaired) electrons. The fraction of sp³-hybridized carbons (Fsp3) is 0.333. The molecule has 1 aromatic carbocycles. The van der Waals surface area contributed by atoms with E-state index in [2.05, 4.69) is 4.72 Å². The van der Waals surface area contributed by atoms with E-state index >= 15 is 0 Å². The topological polar surface area (TPSA) is 132 Å². The van der Waals surface area contributed by atoms with Crippen molar-refractivity contribution in [3.63, 3.8) is 0 Å². The SMILES string of the molecule is CS(=O)CCNS(=O)(=O)c1ccc(N)c([N+](=O)[O-])c1. The fourth-order valence-electron chi connectivity index (χ4n) is 1.25. The van der Waals surface area contributed by atoms with Crippen LogP contribution in [0.4, 0.5) is 11.4 Å². The number of rotatable bonds is 6. The summed E-state index contributed by atoms with van der Waals surface area (Å²) in [6, 6.07) is 3.22. The minimum atomic E-state index is -3.87. The summed E-state index contributed by atoms with van der Waals surface area (Å²) in [4.78, 5) is 9.67. The van der Waals surface area contributed by atoms with Gasteiger partial charge < -0.3 is 5.73 Å². The molecule has 0 aliphatic carbocycles. The van der Waals surface area contributed by atoms with Gasteiger partial charge in [-0.15, -0.1) is 0 Å². The van der Waals surface area contributed by atoms with Crippen LogP contribution in [0.15, 0.2) is 23.1 Å². The summed E-state index contributed by atoms with van der Waals surface area (Å²) in [6.45, 7) is -0.0103. The van der Waals surface area contributed by atoms with Crippen LogP contribution in [0.25, 0.3) is 0 Å². The van der Waals surface area contributed by atoms with Gasteiger partial charge in [0.15, 0.2) is 0 Å². The van der Waals surface area contributed by atoms with Gasteiger partial charge in [0.2, 0.25) is 10.0 Å². The average molecular weight is 307 g/mol. The molecule has 0 fully saturated rings. The van der Waals surface area contributed by atoms with E-state index in [9.17, 15) is 22.7 Å². The molecule has 1 rings (SSSR count). The van der Waals surface area contributed by atoms with Gasteiger partial charge in [-0.1, -0.05) is 0 Å². The number of benzene rings is 1. The summed E-state index contributed by atoms with van der Waals surface area (Å²) in [6.07, 6.45) is 1.45. The molecule has 0 spiro atoms. The summed E-state index contributed by atoms with van der Waals surface area (Å²) in [7, 11) is -5.00. The number of hydrogen-bond donors (Lipinski definition) is 2. The number of nitrogens with two attached hydrogens (primary N) is 1. The Labute approximate surface area is 112 Å². The summed E-state index contributed by atoms with van der Waals surface area (Å²) in [5.74, 6) is 0.163. The quantitative estimate of drug-likeness (QED) is 0.426. The summed E-state index contributed by atoms with van der Waals surface area (Å²) >= 11 is 0. The van der Waals surface area contributed by atoms with Crippen LogP contribution < -0.4 is 10.5 Å². The molecule has 0 aliphatic rings. The highest BCUT2D eigenvalue weighted by molar-refractivity contribution is 7.89. The Bertz CT molecular complexity index is 614. The molecule has 0 saturated carbocycles. The number of hydrogen-bond acceptors (Lipinski definition) is 6. The van der Waals surface area contributed by atoms with Crippen molar-refractivity contribution in [2.75, 3.05) is 24.3 Å². The molecule has 10 heteroatoms. The lowest BCUT2D eigenvalue weighted by Crippen LogP contribution is -2.27. The Hall–Kier alpha value is -1.52. The lowest BCUT2D eigenvalue weighted by atomic mass is 10.3. The standard InChI is InChI=1S/C9H13N3O5S2/c1-18(15)5-4-11-19(16,17)7-2-3-8(10)9(6-7)12(13)14/h2-3,6,11H,4-5,10H2,1H3. The van der Waals surface area contributed by atoms with Crippen molar-refractivity contribution >= 4 is 32.2 Å². The molecule has 1 atom stereocenters. The van der Waals surface area contributed by atoms with Gasteiger partial charge >= 0.3 is 0 Å². The largest absolute Gasteiger partial charge is 0.393 e. The predicted octanol–water partition coefficient (Wildman–Crippen LogP) is -0.166. The van der Waals surface area contributed by atoms with Crippen LogP contribution in [0.2, 0.25) is 0 Å². The van der Waals surface area contributed by atoms with Crippen molar-refractivity contribution < 1.29 is 17.6 Å². The van der Waals surface area contributed by atoms with Crippen molar-refractivity contribution in [2.24, 2.45) is 0 Å². The molecule has 3 N–H and O–H groups in total. The van der Waals surface area contributed by atoms with Crippen LogP contribution >= 0.6 is 0 Å². The number of sulfonamides is 1. The van der Waals surface area contributed by atoms with Crippen molar-refractivity contribution in [3.8, 4) is 0 Å². The summed E-state index contributed by atoms with van der Waals surface area (Å²) in [5, 5.41) is 10.7. The molecule has 0 heterocycles. The molecular weight excluding hydrogens is 294 g/mol. The molecule has 1 unspecified atom stereocenters. The second-order valence-electron chi connectivity index (χ2n) is 3.65. The third-order valence-corrected chi connectivity index (χ3v) is 4.43. The second-order valence-corrected chi connectivity index (χ2v) is 6.97. The van der Waals surface area contributed by atoms with Gasteiger partial charge in [0.05, 0.1) is 9.82 Å². The highest BCUT2D eigenvalue weighted by Gasteiger charge is 2.19. The molecule has 0 bridgehead atoms. The maximum Gasteiger partial charge on any atom is 0.293 e. The molecule has 0 aliphatic heterocycles. The van der Waals surface area contributed by atoms with Crippen LogP contribution in [0.3, 0.4) is 0 Å². The molecule has 1 aromatic rings. The first-order chi connectivity index (χ1) is 8.74. The van der Waals surface area contributed by atoms with E-state index in [-0.39, 0.29) is 22.9 Å². The highest BCUT2D eigenvalue weighted by atomic mass is 32.2. The normalized spacial score (nSPS) is 13.1. The minimum absolute atomic E-state index is 0.0103. The van der Waals surface area contributed by atoms with Crippen molar-refractivity contribution in [1.82, 2.24) is 4.72 Å². The maximum atomic E-state index is 11.8. The zero-order valence-corrected chi connectivity index (χ0v) is 11.7. The van der Waals surface area contributed by atoms with Crippen LogP contribution in [0, 0.1) is 10.1 Å². The monoisotopic (exact) mass is 307 g/mol. The maximum absolute atomic E-state index is 11.8. The Balaban J connectivity index is 2.99. The fourth-order valence-corrected chi connectivity index (χ4v) is 2.82. The van der Waals surface area contributed by atoms with Crippen molar-refractivity contribution in [3.05, 3.63) is 28.3 Å². The van der Waals surface area contributed by atoms with Gasteiger partial charge in [-0.3, -0.25) is 14.3 Å². The molecular formula is C9H13N3O5S2. The van der Waals surface area contributed by atoms with Gasteiger partial charge in [-0.25, -0.2) is 13.1 Å². The van der Waals surface area contributed by atoms with Gasteiger partial charge in [-0.05, 0) is 12.1 Å². The first-order valence-corrected chi connectivity index (χ1v) is 8.28. The third-order valence-electron chi connectivity index (χ3n) is 2.19. The summed E-state index contributed by atoms with van der Waals surface area (Å²) < 4.78 is 36.7. The van der Waals surface area contributed by atoms with Crippen molar-refractivity contribution in [2.45, 2.75) is 4.90 Å². The predicted molar refractivity (Wildman–Crippen MR) is 71.6 cm³/mol. The molecule has 0 aromatic heterocycles. The third kappa shape index (κ3) is 4.26. The molecule has 0 amide bonds. The van der Waals surface area contributed by atoms with Crippen LogP contribution in [-0.2, 0) is 20.8 Å². The Morgan fingerprint density at radius 1 is 1.47 bits per heavy atom. The first kappa shape index (κ1) is 15.5. The van der Waals surface area contributed by atoms with Crippen LogP contribution in [0.5, 0.6) is 0 Å². The van der Waals surface area contributed by atoms with Crippen molar-refractivity contribution in [1.29, 1.82) is 0 Å². The van der Waals surface area contributed by atoms with E-state index in [0.717, 1.165) is 12.1 Å². The van der Waals surface area contributed by atoms with E-state index in [1.54, 1.807) is 0 Å². The number of nitro benzene ring substituents is 1. The molecule has 8 nitrogen and oxygen atoms in total. The molecule has 19 heavy (non-hydrogen) atoms. The van der Waals surface area contributed by atoms with E-state index < -0.39 is 31.4 Å². The molecule has 106 valence electrons. The first-order valence-electron chi connectivity index (χ1n) is 5.07. The second kappa shape index (κ2) is 6.08. The number of nitrogen functional groups attached to an aromatic ring is 1. The number of nitrogens with zero attached hydrogens (tertiary/aromatic N) is 1. The zero-order valence-electron chi connectivity index (χ0n) is 10.0. The Morgan fingerprint density at radius 2 is 2.11 bits per heavy atom. The van der Waals surface area contributed by atoms with Crippen LogP contribution in [-0.4, -0.2) is 36.1 Å². The van der Waals surface area contributed by atoms with Gasteiger partial charge in [0.1, 0.15) is 5.69 Å². The Kier molecular flexibility index (Phi) is 4.97. The number of anilines is 1. The van der Waals surface area contributed by atoms with Gasteiger partial charge in [0.25, 0.3) is 5.69 Å². The number of nitrogens with one attached hydrogen (secondary N) is 1. The smallest absolute Gasteiger partial charge is 0.293 e. The zero-order chi connectivity index (χ0) is 14.6. The van der Waals surface area contributed by atoms with E-state index in [4.69, 9.17) is 5.73 Å². The van der Waals surface area contributed by atoms with E-state index in [1.165, 1.54) is 12.3 Å². The highest BCUT2D eigenvalue weighted by Crippen LogP contribution is 2.24. The Morgan fingerprint density at radius 3 is 2.63 bits per heavy atom. The van der Waals surface area contributed by atoms with E-state index in [0.29, 0.717) is 0 Å². The van der Waals surface area contributed by atoms with Gasteiger partial charge in [0, 0.05) is 35.4 Å². The molecule has 0 saturated heterocycles. The lowest BCUT2D eigenvalue weighted by molar-refractivity contribution is -0.384. The van der Waals surface area contributed by atoms with E-state index in [1.807, 2.05) is 0 Å².